The van der Waals surface area contributed by atoms with Gasteiger partial charge in [-0.15, -0.1) is 0 Å². The predicted molar refractivity (Wildman–Crippen MR) is 76.8 cm³/mol. The number of para-hydroxylation sites is 1. The number of aromatic nitrogens is 1. The van der Waals surface area contributed by atoms with Crippen LogP contribution in [-0.2, 0) is 4.79 Å². The van der Waals surface area contributed by atoms with Gasteiger partial charge in [0.15, 0.2) is 0 Å². The van der Waals surface area contributed by atoms with E-state index in [0.717, 1.165) is 16.6 Å². The van der Waals surface area contributed by atoms with Crippen LogP contribution in [0.15, 0.2) is 24.3 Å². The van der Waals surface area contributed by atoms with Crippen LogP contribution in [-0.4, -0.2) is 40.5 Å². The van der Waals surface area contributed by atoms with Gasteiger partial charge in [0, 0.05) is 30.2 Å². The number of H-pyrrole nitrogens is 1. The third kappa shape index (κ3) is 2.52. The van der Waals surface area contributed by atoms with Crippen LogP contribution in [0, 0.1) is 12.8 Å². The standard InChI is InChI=1S/C15H18N2O3/c1-9(15(19)20)8-17(3)14(18)13-10(2)16-12-7-5-4-6-11(12)13/h4-7,9,16H,8H2,1-3H3,(H,19,20). The first-order valence-electron chi connectivity index (χ1n) is 6.47. The van der Waals surface area contributed by atoms with Crippen LogP contribution >= 0.6 is 0 Å². The van der Waals surface area contributed by atoms with Crippen LogP contribution in [0.5, 0.6) is 0 Å². The number of carboxylic acids is 1. The number of aliphatic carboxylic acids is 1. The van der Waals surface area contributed by atoms with Crippen molar-refractivity contribution in [2.75, 3.05) is 13.6 Å². The van der Waals surface area contributed by atoms with Crippen LogP contribution in [0.1, 0.15) is 23.0 Å². The maximum absolute atomic E-state index is 12.5. The minimum absolute atomic E-state index is 0.159. The molecule has 0 radical (unpaired) electrons. The van der Waals surface area contributed by atoms with Gasteiger partial charge in [0.05, 0.1) is 11.5 Å². The fraction of sp³-hybridized carbons (Fsp3) is 0.333. The normalized spacial score (nSPS) is 12.3. The fourth-order valence-electron chi connectivity index (χ4n) is 2.31. The zero-order valence-corrected chi connectivity index (χ0v) is 11.8. The largest absolute Gasteiger partial charge is 0.481 e. The van der Waals surface area contributed by atoms with E-state index in [2.05, 4.69) is 4.98 Å². The number of benzene rings is 1. The van der Waals surface area contributed by atoms with Gasteiger partial charge in [-0.05, 0) is 13.0 Å². The van der Waals surface area contributed by atoms with Crippen LogP contribution in [0.25, 0.3) is 10.9 Å². The first kappa shape index (κ1) is 14.1. The topological polar surface area (TPSA) is 73.4 Å². The van der Waals surface area contributed by atoms with Gasteiger partial charge >= 0.3 is 5.97 Å². The summed E-state index contributed by atoms with van der Waals surface area (Å²) in [5.74, 6) is -1.65. The number of fused-ring (bicyclic) bond motifs is 1. The molecule has 0 aliphatic rings. The molecule has 0 spiro atoms. The van der Waals surface area contributed by atoms with E-state index in [0.29, 0.717) is 5.56 Å². The summed E-state index contributed by atoms with van der Waals surface area (Å²) in [6.45, 7) is 3.63. The van der Waals surface area contributed by atoms with E-state index in [4.69, 9.17) is 5.11 Å². The highest BCUT2D eigenvalue weighted by molar-refractivity contribution is 6.08. The number of aromatic amines is 1. The molecule has 106 valence electrons. The SMILES string of the molecule is Cc1[nH]c2ccccc2c1C(=O)N(C)CC(C)C(=O)O. The van der Waals surface area contributed by atoms with Crippen LogP contribution in [0.4, 0.5) is 0 Å². The second-order valence-electron chi connectivity index (χ2n) is 5.10. The molecule has 1 unspecified atom stereocenters. The third-order valence-electron chi connectivity index (χ3n) is 3.42. The van der Waals surface area contributed by atoms with Gasteiger partial charge in [0.25, 0.3) is 5.91 Å². The summed E-state index contributed by atoms with van der Waals surface area (Å²) in [5, 5.41) is 9.79. The van der Waals surface area contributed by atoms with Crippen molar-refractivity contribution in [3.63, 3.8) is 0 Å². The monoisotopic (exact) mass is 274 g/mol. The Balaban J connectivity index is 2.31. The Morgan fingerprint density at radius 3 is 2.65 bits per heavy atom. The van der Waals surface area contributed by atoms with Gasteiger partial charge < -0.3 is 15.0 Å². The number of carboxylic acid groups (broad SMARTS) is 1. The molecular formula is C15H18N2O3. The number of nitrogens with one attached hydrogen (secondary N) is 1. The first-order chi connectivity index (χ1) is 9.41. The summed E-state index contributed by atoms with van der Waals surface area (Å²) in [6.07, 6.45) is 0. The number of amides is 1. The molecule has 5 nitrogen and oxygen atoms in total. The molecule has 0 saturated carbocycles. The Morgan fingerprint density at radius 2 is 2.00 bits per heavy atom. The lowest BCUT2D eigenvalue weighted by Gasteiger charge is -2.19. The molecule has 1 atom stereocenters. The maximum atomic E-state index is 12.5. The molecule has 1 aromatic carbocycles. The Bertz CT molecular complexity index is 660. The van der Waals surface area contributed by atoms with E-state index in [1.165, 1.54) is 4.90 Å². The van der Waals surface area contributed by atoms with E-state index in [9.17, 15) is 9.59 Å². The Hall–Kier alpha value is -2.30. The zero-order chi connectivity index (χ0) is 14.9. The van der Waals surface area contributed by atoms with Crippen molar-refractivity contribution in [2.45, 2.75) is 13.8 Å². The molecule has 1 aromatic heterocycles. The highest BCUT2D eigenvalue weighted by Crippen LogP contribution is 2.23. The number of rotatable bonds is 4. The fourth-order valence-corrected chi connectivity index (χ4v) is 2.31. The maximum Gasteiger partial charge on any atom is 0.308 e. The molecule has 0 aliphatic carbocycles. The van der Waals surface area contributed by atoms with Crippen molar-refractivity contribution in [1.82, 2.24) is 9.88 Å². The van der Waals surface area contributed by atoms with Gasteiger partial charge in [-0.25, -0.2) is 0 Å². The second-order valence-corrected chi connectivity index (χ2v) is 5.10. The number of hydrogen-bond acceptors (Lipinski definition) is 2. The quantitative estimate of drug-likeness (QED) is 0.898. The Morgan fingerprint density at radius 1 is 1.35 bits per heavy atom. The van der Waals surface area contributed by atoms with Crippen LogP contribution in [0.3, 0.4) is 0 Å². The van der Waals surface area contributed by atoms with Gasteiger partial charge in [0.2, 0.25) is 0 Å². The minimum Gasteiger partial charge on any atom is -0.481 e. The van der Waals surface area contributed by atoms with E-state index in [1.54, 1.807) is 14.0 Å². The highest BCUT2D eigenvalue weighted by Gasteiger charge is 2.22. The van der Waals surface area contributed by atoms with Gasteiger partial charge in [0.1, 0.15) is 0 Å². The summed E-state index contributed by atoms with van der Waals surface area (Å²) >= 11 is 0. The van der Waals surface area contributed by atoms with Crippen molar-refractivity contribution in [3.8, 4) is 0 Å². The number of aryl methyl sites for hydroxylation is 1. The van der Waals surface area contributed by atoms with Gasteiger partial charge in [-0.2, -0.15) is 0 Å². The molecule has 20 heavy (non-hydrogen) atoms. The van der Waals surface area contributed by atoms with Gasteiger partial charge in [-0.3, -0.25) is 9.59 Å². The average Bonchev–Trinajstić information content (AvgIpc) is 2.73. The average molecular weight is 274 g/mol. The van der Waals surface area contributed by atoms with Crippen molar-refractivity contribution in [2.24, 2.45) is 5.92 Å². The van der Waals surface area contributed by atoms with Crippen molar-refractivity contribution in [1.29, 1.82) is 0 Å². The summed E-state index contributed by atoms with van der Waals surface area (Å²) in [7, 11) is 1.63. The molecule has 5 heteroatoms. The first-order valence-corrected chi connectivity index (χ1v) is 6.47. The lowest BCUT2D eigenvalue weighted by molar-refractivity contribution is -0.141. The molecule has 0 saturated heterocycles. The number of nitrogens with zero attached hydrogens (tertiary/aromatic N) is 1. The summed E-state index contributed by atoms with van der Waals surface area (Å²) in [6, 6.07) is 7.59. The second kappa shape index (κ2) is 5.36. The zero-order valence-electron chi connectivity index (χ0n) is 11.8. The van der Waals surface area contributed by atoms with Crippen molar-refractivity contribution < 1.29 is 14.7 Å². The predicted octanol–water partition coefficient (Wildman–Crippen LogP) is 2.27. The molecule has 2 N–H and O–H groups in total. The third-order valence-corrected chi connectivity index (χ3v) is 3.42. The Labute approximate surface area is 117 Å². The van der Waals surface area contributed by atoms with Crippen molar-refractivity contribution >= 4 is 22.8 Å². The number of carbonyl (C=O) groups excluding carboxylic acids is 1. The van der Waals surface area contributed by atoms with E-state index >= 15 is 0 Å². The summed E-state index contributed by atoms with van der Waals surface area (Å²) in [5.41, 5.74) is 2.32. The molecule has 0 aliphatic heterocycles. The number of hydrogen-bond donors (Lipinski definition) is 2. The molecule has 2 rings (SSSR count). The van der Waals surface area contributed by atoms with E-state index < -0.39 is 11.9 Å². The summed E-state index contributed by atoms with van der Waals surface area (Å²) < 4.78 is 0. The molecular weight excluding hydrogens is 256 g/mol. The lowest BCUT2D eigenvalue weighted by Crippen LogP contribution is -2.33. The smallest absolute Gasteiger partial charge is 0.308 e. The lowest BCUT2D eigenvalue weighted by atomic mass is 10.1. The highest BCUT2D eigenvalue weighted by atomic mass is 16.4. The van der Waals surface area contributed by atoms with E-state index in [1.807, 2.05) is 31.2 Å². The van der Waals surface area contributed by atoms with E-state index in [-0.39, 0.29) is 12.5 Å². The van der Waals surface area contributed by atoms with Crippen molar-refractivity contribution in [3.05, 3.63) is 35.5 Å². The Kier molecular flexibility index (Phi) is 3.79. The van der Waals surface area contributed by atoms with Crippen LogP contribution in [0.2, 0.25) is 0 Å². The summed E-state index contributed by atoms with van der Waals surface area (Å²) in [4.78, 5) is 28.0. The van der Waals surface area contributed by atoms with Crippen LogP contribution < -0.4 is 0 Å². The molecule has 0 fully saturated rings. The number of carbonyl (C=O) groups is 2. The van der Waals surface area contributed by atoms with Gasteiger partial charge in [-0.1, -0.05) is 25.1 Å². The molecule has 1 heterocycles. The minimum atomic E-state index is -0.903. The molecule has 0 bridgehead atoms. The molecule has 1 amide bonds. The molecule has 2 aromatic rings.